The van der Waals surface area contributed by atoms with Crippen molar-refractivity contribution in [3.8, 4) is 22.9 Å². The molecule has 1 aliphatic rings. The van der Waals surface area contributed by atoms with Crippen LogP contribution < -0.4 is 26.2 Å². The van der Waals surface area contributed by atoms with E-state index in [1.165, 1.54) is 31.3 Å². The van der Waals surface area contributed by atoms with E-state index in [9.17, 15) is 79.2 Å². The van der Waals surface area contributed by atoms with Crippen LogP contribution in [0.1, 0.15) is 31.8 Å². The second-order valence-electron chi connectivity index (χ2n) is 14.5. The first-order valence-corrected chi connectivity index (χ1v) is 26.1. The summed E-state index contributed by atoms with van der Waals surface area (Å²) in [5.74, 6) is -3.23. The summed E-state index contributed by atoms with van der Waals surface area (Å²) in [5.41, 5.74) is -7.37. The maximum Gasteiger partial charge on any atom is 0.328 e. The summed E-state index contributed by atoms with van der Waals surface area (Å²) in [6.07, 6.45) is 0. The van der Waals surface area contributed by atoms with Crippen LogP contribution in [0.2, 0.25) is 0 Å². The van der Waals surface area contributed by atoms with Gasteiger partial charge >= 0.3 is 6.01 Å². The van der Waals surface area contributed by atoms with E-state index in [4.69, 9.17) is 4.74 Å². The van der Waals surface area contributed by atoms with Crippen LogP contribution in [0.5, 0.6) is 11.8 Å². The van der Waals surface area contributed by atoms with Gasteiger partial charge in [-0.1, -0.05) is 36.4 Å². The minimum Gasteiger partial charge on any atom is -0.424 e. The number of nitrogens with zero attached hydrogens (tertiary/aromatic N) is 3. The number of carbonyl (C=O) groups excluding carboxylic acids is 2. The monoisotopic (exact) mass is 1060 g/mol. The molecule has 9 N–H and O–H groups in total. The minimum absolute atomic E-state index is 0.106. The fourth-order valence-electron chi connectivity index (χ4n) is 7.25. The van der Waals surface area contributed by atoms with Crippen molar-refractivity contribution < 1.29 is 79.2 Å². The summed E-state index contributed by atoms with van der Waals surface area (Å²) < 4.78 is 181. The number of ketones is 2. The summed E-state index contributed by atoms with van der Waals surface area (Å²) in [6, 6.07) is 14.0. The Bertz CT molecular complexity index is 4110. The highest BCUT2D eigenvalue weighted by atomic mass is 32.2. The van der Waals surface area contributed by atoms with E-state index in [1.54, 1.807) is 0 Å². The number of hydrogen-bond donors (Lipinski definition) is 9. The lowest BCUT2D eigenvalue weighted by atomic mass is 9.80. The number of nitrogens with one attached hydrogen (secondary N) is 4. The van der Waals surface area contributed by atoms with Gasteiger partial charge in [0.05, 0.1) is 43.5 Å². The van der Waals surface area contributed by atoms with Crippen molar-refractivity contribution >= 4 is 102 Å². The van der Waals surface area contributed by atoms with E-state index < -0.39 is 154 Å². The molecule has 0 saturated heterocycles. The summed E-state index contributed by atoms with van der Waals surface area (Å²) in [4.78, 5) is 52.1. The van der Waals surface area contributed by atoms with Crippen molar-refractivity contribution in [2.75, 3.05) is 23.0 Å². The summed E-state index contributed by atoms with van der Waals surface area (Å²) in [7, 11) is -24.8. The van der Waals surface area contributed by atoms with Gasteiger partial charge in [0.15, 0.2) is 11.6 Å². The molecule has 70 heavy (non-hydrogen) atoms. The number of benzene rings is 5. The number of aromatic nitrogens is 4. The first-order chi connectivity index (χ1) is 32.5. The molecule has 0 atom stereocenters. The number of carbonyl (C=O) groups is 2. The highest BCUT2D eigenvalue weighted by molar-refractivity contribution is 7.87. The molecule has 2 heterocycles. The summed E-state index contributed by atoms with van der Waals surface area (Å²) in [6.45, 7) is 0. The van der Waals surface area contributed by atoms with E-state index in [-0.39, 0.29) is 28.9 Å². The Hall–Kier alpha value is -7.59. The number of H-pyrrole nitrogens is 1. The number of ether oxygens (including phenoxy) is 1. The van der Waals surface area contributed by atoms with Crippen LogP contribution in [0, 0.1) is 0 Å². The van der Waals surface area contributed by atoms with E-state index >= 15 is 0 Å². The predicted octanol–water partition coefficient (Wildman–Crippen LogP) is 3.71. The van der Waals surface area contributed by atoms with Crippen molar-refractivity contribution in [1.82, 2.24) is 19.9 Å². The molecule has 1 aliphatic carbocycles. The Labute approximate surface area is 393 Å². The molecule has 5 aromatic carbocycles. The number of fused-ring (bicyclic) bond motifs is 2. The van der Waals surface area contributed by atoms with Crippen molar-refractivity contribution in [3.63, 3.8) is 0 Å². The summed E-state index contributed by atoms with van der Waals surface area (Å²) in [5, 5.41) is 6.87. The van der Waals surface area contributed by atoms with Crippen molar-refractivity contribution in [2.45, 2.75) is 24.5 Å². The molecular formula is C39H27N7O19S5. The molecular weight excluding hydrogens is 1030 g/mol. The molecule has 0 unspecified atom stereocenters. The molecule has 2 aromatic heterocycles. The van der Waals surface area contributed by atoms with Gasteiger partial charge in [-0.25, -0.2) is 0 Å². The van der Waals surface area contributed by atoms with Gasteiger partial charge in [0, 0.05) is 29.1 Å². The maximum absolute atomic E-state index is 14.6. The molecule has 26 nitrogen and oxygen atoms in total. The van der Waals surface area contributed by atoms with E-state index in [1.807, 2.05) is 0 Å². The van der Waals surface area contributed by atoms with Gasteiger partial charge in [-0.2, -0.15) is 57.0 Å². The fourth-order valence-corrected chi connectivity index (χ4v) is 10.3. The Morgan fingerprint density at radius 3 is 1.74 bits per heavy atom. The lowest BCUT2D eigenvalue weighted by Gasteiger charge is -2.25. The molecule has 0 aliphatic heterocycles. The lowest BCUT2D eigenvalue weighted by molar-refractivity contribution is 0.102. The Balaban J connectivity index is 1.36. The van der Waals surface area contributed by atoms with E-state index in [2.05, 4.69) is 35.9 Å². The number of rotatable bonds is 14. The SMILES string of the molecule is CNc1nc(Nc2cc(Nc3cc(S(=O)(=O)O)c4[nH]c(=O)c(C(=O)c5cccc(S(=O)(=O)O)c5)c5c4c3C(=O)c3ccccc3-5)c(S(=O)(=O)O)cc2S(=O)(=O)O)nc(Oc2ccc(S(=O)(=O)O)cc2)n1. The third-order valence-corrected chi connectivity index (χ3v) is 14.5. The van der Waals surface area contributed by atoms with E-state index in [0.717, 1.165) is 48.5 Å². The molecule has 8 rings (SSSR count). The summed E-state index contributed by atoms with van der Waals surface area (Å²) >= 11 is 0. The zero-order valence-electron chi connectivity index (χ0n) is 34.5. The van der Waals surface area contributed by atoms with Crippen LogP contribution >= 0.6 is 0 Å². The Morgan fingerprint density at radius 2 is 1.16 bits per heavy atom. The highest BCUT2D eigenvalue weighted by Crippen LogP contribution is 2.46. The third-order valence-electron chi connectivity index (χ3n) is 10.1. The standard InChI is InChI=1S/C39H27N7O19S5/c1-40-37-44-38(46-39(45-37)65-18-9-11-19(12-10-18)66(50,51)52)42-24-14-23(26(68(56,57)58)16-27(24)69(59,60)61)41-25-15-28(70(62,63)64)33-31-29(21-7-2-3-8-22(21)35(48)30(25)31)32(36(49)43-33)34(47)17-5-4-6-20(13-17)67(53,54)55/h2-16,41H,1H3,(H,43,49)(H,50,51,52)(H,53,54,55)(H,56,57,58)(H,59,60,61)(H,62,63,64)(H2,40,42,44,45,46). The molecule has 0 bridgehead atoms. The molecule has 0 fully saturated rings. The fraction of sp³-hybridized carbons (Fsp3) is 0.0256. The predicted molar refractivity (Wildman–Crippen MR) is 241 cm³/mol. The molecule has 362 valence electrons. The van der Waals surface area contributed by atoms with Gasteiger partial charge in [-0.15, -0.1) is 0 Å². The largest absolute Gasteiger partial charge is 0.424 e. The van der Waals surface area contributed by atoms with Crippen LogP contribution in [0.3, 0.4) is 0 Å². The zero-order chi connectivity index (χ0) is 51.0. The molecule has 0 amide bonds. The van der Waals surface area contributed by atoms with Crippen molar-refractivity contribution in [3.05, 3.63) is 124 Å². The number of hydrogen-bond acceptors (Lipinski definition) is 20. The number of aromatic amines is 1. The minimum atomic E-state index is -5.61. The highest BCUT2D eigenvalue weighted by Gasteiger charge is 2.37. The first-order valence-electron chi connectivity index (χ1n) is 18.9. The number of anilines is 5. The third kappa shape index (κ3) is 9.30. The van der Waals surface area contributed by atoms with Crippen molar-refractivity contribution in [2.24, 2.45) is 0 Å². The average molecular weight is 1060 g/mol. The molecule has 7 aromatic rings. The maximum atomic E-state index is 14.6. The van der Waals surface area contributed by atoms with Crippen LogP contribution in [-0.4, -0.2) is 103 Å². The Kier molecular flexibility index (Phi) is 11.9. The van der Waals surface area contributed by atoms with Crippen molar-refractivity contribution in [1.29, 1.82) is 0 Å². The quantitative estimate of drug-likeness (QED) is 0.0553. The number of pyridine rings is 1. The van der Waals surface area contributed by atoms with Crippen LogP contribution in [0.4, 0.5) is 29.0 Å². The molecule has 31 heteroatoms. The van der Waals surface area contributed by atoms with Gasteiger partial charge in [-0.3, -0.25) is 37.1 Å². The molecule has 0 spiro atoms. The van der Waals surface area contributed by atoms with Gasteiger partial charge in [-0.05, 0) is 60.2 Å². The molecule has 0 saturated carbocycles. The lowest BCUT2D eigenvalue weighted by Crippen LogP contribution is -2.25. The van der Waals surface area contributed by atoms with E-state index in [0.29, 0.717) is 12.1 Å². The van der Waals surface area contributed by atoms with Gasteiger partial charge in [0.25, 0.3) is 56.1 Å². The van der Waals surface area contributed by atoms with Crippen LogP contribution in [-0.2, 0) is 50.6 Å². The van der Waals surface area contributed by atoms with Crippen LogP contribution in [0.15, 0.2) is 120 Å². The first kappa shape index (κ1) is 48.9. The van der Waals surface area contributed by atoms with Gasteiger partial charge in [0.1, 0.15) is 20.4 Å². The topological polar surface area (TPSA) is 423 Å². The van der Waals surface area contributed by atoms with Gasteiger partial charge in [0.2, 0.25) is 11.9 Å². The van der Waals surface area contributed by atoms with Gasteiger partial charge < -0.3 is 25.7 Å². The Morgan fingerprint density at radius 1 is 0.571 bits per heavy atom. The zero-order valence-corrected chi connectivity index (χ0v) is 38.6. The second kappa shape index (κ2) is 17.1. The normalized spacial score (nSPS) is 12.9. The molecule has 0 radical (unpaired) electrons. The average Bonchev–Trinajstić information content (AvgIpc) is 3.26. The second-order valence-corrected chi connectivity index (χ2v) is 21.6. The van der Waals surface area contributed by atoms with Crippen LogP contribution in [0.25, 0.3) is 22.0 Å². The smallest absolute Gasteiger partial charge is 0.328 e.